The summed E-state index contributed by atoms with van der Waals surface area (Å²) in [5.74, 6) is -0.620. The number of hydrogen-bond donors (Lipinski definition) is 2. The van der Waals surface area contributed by atoms with Gasteiger partial charge in [0.15, 0.2) is 5.69 Å². The average molecular weight is 386 g/mol. The molecule has 0 spiro atoms. The standard InChI is InChI=1S/C22H22N6O/c1-27-8-10-28(11-9-27)18-6-4-17(5-7-18)25-20-13-16-3-2-15(14-23)12-19(16)26-21(20)22(24)29/h2-7,12-13,25H,8-11H2,1H3,(H2,24,29). The molecule has 3 N–H and O–H groups in total. The number of anilines is 3. The van der Waals surface area contributed by atoms with E-state index in [9.17, 15) is 4.79 Å². The maximum atomic E-state index is 11.9. The van der Waals surface area contributed by atoms with Crippen molar-refractivity contribution in [2.75, 3.05) is 43.4 Å². The molecule has 146 valence electrons. The lowest BCUT2D eigenvalue weighted by Gasteiger charge is -2.34. The number of carbonyl (C=O) groups is 1. The molecular weight excluding hydrogens is 364 g/mol. The Kier molecular flexibility index (Phi) is 5.02. The SMILES string of the molecule is CN1CCN(c2ccc(Nc3cc4ccc(C#N)cc4nc3C(N)=O)cc2)CC1. The van der Waals surface area contributed by atoms with E-state index in [0.717, 1.165) is 37.3 Å². The zero-order valence-corrected chi connectivity index (χ0v) is 16.2. The number of benzene rings is 2. The average Bonchev–Trinajstić information content (AvgIpc) is 2.74. The molecular formula is C22H22N6O. The normalized spacial score (nSPS) is 14.6. The van der Waals surface area contributed by atoms with E-state index in [2.05, 4.69) is 45.4 Å². The summed E-state index contributed by atoms with van der Waals surface area (Å²) < 4.78 is 0. The van der Waals surface area contributed by atoms with Crippen molar-refractivity contribution in [2.24, 2.45) is 5.73 Å². The Labute approximate surface area is 169 Å². The highest BCUT2D eigenvalue weighted by Gasteiger charge is 2.15. The van der Waals surface area contributed by atoms with Gasteiger partial charge in [0, 0.05) is 42.9 Å². The number of rotatable bonds is 4. The molecule has 0 aliphatic carbocycles. The topological polar surface area (TPSA) is 98.3 Å². The molecule has 1 fully saturated rings. The van der Waals surface area contributed by atoms with E-state index in [1.54, 1.807) is 12.1 Å². The summed E-state index contributed by atoms with van der Waals surface area (Å²) in [5.41, 5.74) is 9.32. The fourth-order valence-electron chi connectivity index (χ4n) is 3.50. The van der Waals surface area contributed by atoms with Crippen LogP contribution in [-0.4, -0.2) is 49.0 Å². The van der Waals surface area contributed by atoms with Crippen LogP contribution in [0.25, 0.3) is 10.9 Å². The van der Waals surface area contributed by atoms with Crippen LogP contribution in [0.4, 0.5) is 17.1 Å². The first-order chi connectivity index (χ1) is 14.0. The summed E-state index contributed by atoms with van der Waals surface area (Å²) >= 11 is 0. The van der Waals surface area contributed by atoms with Gasteiger partial charge in [0.2, 0.25) is 0 Å². The highest BCUT2D eigenvalue weighted by Crippen LogP contribution is 2.27. The Morgan fingerprint density at radius 2 is 1.83 bits per heavy atom. The highest BCUT2D eigenvalue weighted by atomic mass is 16.1. The van der Waals surface area contributed by atoms with Gasteiger partial charge in [-0.05, 0) is 49.5 Å². The van der Waals surface area contributed by atoms with Gasteiger partial charge in [-0.3, -0.25) is 4.79 Å². The summed E-state index contributed by atoms with van der Waals surface area (Å²) in [6.45, 7) is 4.12. The Bertz CT molecular complexity index is 1090. The third kappa shape index (κ3) is 3.98. The zero-order valence-electron chi connectivity index (χ0n) is 16.2. The van der Waals surface area contributed by atoms with Crippen LogP contribution < -0.4 is 16.0 Å². The summed E-state index contributed by atoms with van der Waals surface area (Å²) in [6, 6.07) is 17.2. The molecule has 0 radical (unpaired) electrons. The molecule has 1 aromatic heterocycles. The second kappa shape index (κ2) is 7.78. The lowest BCUT2D eigenvalue weighted by Crippen LogP contribution is -2.44. The number of piperazine rings is 1. The van der Waals surface area contributed by atoms with Gasteiger partial charge in [-0.15, -0.1) is 0 Å². The molecule has 4 rings (SSSR count). The van der Waals surface area contributed by atoms with E-state index in [1.807, 2.05) is 24.3 Å². The van der Waals surface area contributed by atoms with Crippen molar-refractivity contribution in [3.63, 3.8) is 0 Å². The molecule has 3 aromatic rings. The Morgan fingerprint density at radius 1 is 1.10 bits per heavy atom. The van der Waals surface area contributed by atoms with Crippen LogP contribution >= 0.6 is 0 Å². The number of carbonyl (C=O) groups excluding carboxylic acids is 1. The molecule has 7 nitrogen and oxygen atoms in total. The van der Waals surface area contributed by atoms with E-state index >= 15 is 0 Å². The first-order valence-electron chi connectivity index (χ1n) is 9.49. The van der Waals surface area contributed by atoms with Crippen LogP contribution in [0.1, 0.15) is 16.1 Å². The van der Waals surface area contributed by atoms with Crippen LogP contribution in [0.15, 0.2) is 48.5 Å². The van der Waals surface area contributed by atoms with Gasteiger partial charge in [0.1, 0.15) is 0 Å². The third-order valence-corrected chi connectivity index (χ3v) is 5.19. The predicted molar refractivity (Wildman–Crippen MR) is 114 cm³/mol. The van der Waals surface area contributed by atoms with Crippen molar-refractivity contribution in [3.8, 4) is 6.07 Å². The number of pyridine rings is 1. The van der Waals surface area contributed by atoms with Crippen molar-refractivity contribution in [2.45, 2.75) is 0 Å². The van der Waals surface area contributed by atoms with E-state index in [4.69, 9.17) is 11.0 Å². The zero-order chi connectivity index (χ0) is 20.4. The van der Waals surface area contributed by atoms with Gasteiger partial charge in [-0.2, -0.15) is 5.26 Å². The van der Waals surface area contributed by atoms with Gasteiger partial charge in [-0.1, -0.05) is 6.07 Å². The smallest absolute Gasteiger partial charge is 0.269 e. The van der Waals surface area contributed by atoms with Crippen molar-refractivity contribution in [3.05, 3.63) is 59.8 Å². The number of nitriles is 1. The minimum Gasteiger partial charge on any atom is -0.369 e. The number of fused-ring (bicyclic) bond motifs is 1. The molecule has 29 heavy (non-hydrogen) atoms. The largest absolute Gasteiger partial charge is 0.369 e. The molecule has 0 atom stereocenters. The van der Waals surface area contributed by atoms with Crippen molar-refractivity contribution >= 4 is 33.9 Å². The van der Waals surface area contributed by atoms with Crippen LogP contribution in [0.3, 0.4) is 0 Å². The summed E-state index contributed by atoms with van der Waals surface area (Å²) in [7, 11) is 2.14. The Hall–Kier alpha value is -3.63. The number of likely N-dealkylation sites (N-methyl/N-ethyl adjacent to an activating group) is 1. The minimum atomic E-state index is -0.620. The van der Waals surface area contributed by atoms with Crippen LogP contribution in [0, 0.1) is 11.3 Å². The predicted octanol–water partition coefficient (Wildman–Crippen LogP) is 2.70. The van der Waals surface area contributed by atoms with Crippen molar-refractivity contribution < 1.29 is 4.79 Å². The molecule has 1 aliphatic rings. The van der Waals surface area contributed by atoms with E-state index < -0.39 is 5.91 Å². The number of aromatic nitrogens is 1. The molecule has 2 aromatic carbocycles. The molecule has 2 heterocycles. The van der Waals surface area contributed by atoms with E-state index in [-0.39, 0.29) is 5.69 Å². The molecule has 1 saturated heterocycles. The maximum absolute atomic E-state index is 11.9. The molecule has 0 saturated carbocycles. The number of nitrogens with zero attached hydrogens (tertiary/aromatic N) is 4. The van der Waals surface area contributed by atoms with Crippen LogP contribution in [0.5, 0.6) is 0 Å². The molecule has 0 unspecified atom stereocenters. The number of primary amides is 1. The van der Waals surface area contributed by atoms with Crippen LogP contribution in [0.2, 0.25) is 0 Å². The molecule has 0 bridgehead atoms. The first-order valence-corrected chi connectivity index (χ1v) is 9.49. The van der Waals surface area contributed by atoms with Crippen molar-refractivity contribution in [1.82, 2.24) is 9.88 Å². The Balaban J connectivity index is 1.60. The molecule has 1 amide bonds. The van der Waals surface area contributed by atoms with Crippen molar-refractivity contribution in [1.29, 1.82) is 5.26 Å². The van der Waals surface area contributed by atoms with Gasteiger partial charge in [0.05, 0.1) is 22.8 Å². The summed E-state index contributed by atoms with van der Waals surface area (Å²) in [5, 5.41) is 13.1. The maximum Gasteiger partial charge on any atom is 0.269 e. The molecule has 1 aliphatic heterocycles. The van der Waals surface area contributed by atoms with Crippen LogP contribution in [-0.2, 0) is 0 Å². The lowest BCUT2D eigenvalue weighted by atomic mass is 10.1. The van der Waals surface area contributed by atoms with E-state index in [1.165, 1.54) is 5.69 Å². The van der Waals surface area contributed by atoms with E-state index in [0.29, 0.717) is 16.8 Å². The minimum absolute atomic E-state index is 0.149. The first kappa shape index (κ1) is 18.7. The second-order valence-electron chi connectivity index (χ2n) is 7.23. The fraction of sp³-hybridized carbons (Fsp3) is 0.227. The van der Waals surface area contributed by atoms with Gasteiger partial charge >= 0.3 is 0 Å². The van der Waals surface area contributed by atoms with Gasteiger partial charge in [0.25, 0.3) is 5.91 Å². The monoisotopic (exact) mass is 386 g/mol. The second-order valence-corrected chi connectivity index (χ2v) is 7.23. The lowest BCUT2D eigenvalue weighted by molar-refractivity contribution is 0.0997. The number of hydrogen-bond acceptors (Lipinski definition) is 6. The Morgan fingerprint density at radius 3 is 2.48 bits per heavy atom. The fourth-order valence-corrected chi connectivity index (χ4v) is 3.50. The number of nitrogens with one attached hydrogen (secondary N) is 1. The third-order valence-electron chi connectivity index (χ3n) is 5.19. The number of nitrogens with two attached hydrogens (primary N) is 1. The summed E-state index contributed by atoms with van der Waals surface area (Å²) in [6.07, 6.45) is 0. The van der Waals surface area contributed by atoms with Gasteiger partial charge < -0.3 is 20.9 Å². The molecule has 7 heteroatoms. The number of amides is 1. The quantitative estimate of drug-likeness (QED) is 0.715. The van der Waals surface area contributed by atoms with Gasteiger partial charge in [-0.25, -0.2) is 4.98 Å². The highest BCUT2D eigenvalue weighted by molar-refractivity contribution is 6.01. The summed E-state index contributed by atoms with van der Waals surface area (Å²) in [4.78, 5) is 21.0.